The van der Waals surface area contributed by atoms with E-state index in [0.29, 0.717) is 12.1 Å². The van der Waals surface area contributed by atoms with Crippen LogP contribution in [-0.2, 0) is 0 Å². The Hall–Kier alpha value is -4.37. The van der Waals surface area contributed by atoms with Gasteiger partial charge < -0.3 is 4.98 Å². The Morgan fingerprint density at radius 2 is 1.97 bits per heavy atom. The van der Waals surface area contributed by atoms with Gasteiger partial charge in [0.1, 0.15) is 10.3 Å². The summed E-state index contributed by atoms with van der Waals surface area (Å²) < 4.78 is 2.83. The standard InChI is InChI=1S/C27H21N7OS/c1-2-3-7-23(35)34-16-10-15(12-28-13-16)20-11-18-21(14-29-20)32-33-26(18)27-30-19-6-4-5-17(25(19)31-27)22-8-9-24(34)36-22/h4-6,8-14H,2-3,7H2,1H3,(H,30,31)(H,32,33). The van der Waals surface area contributed by atoms with Crippen molar-refractivity contribution in [1.82, 2.24) is 34.7 Å². The summed E-state index contributed by atoms with van der Waals surface area (Å²) in [5.74, 6) is 0.0503. The van der Waals surface area contributed by atoms with Gasteiger partial charge in [-0.3, -0.25) is 24.4 Å². The molecule has 0 saturated heterocycles. The number of aromatic amines is 2. The molecule has 8 bridgehead atoms. The molecule has 0 radical (unpaired) electrons. The number of nitrogens with one attached hydrogen (secondary N) is 2. The summed E-state index contributed by atoms with van der Waals surface area (Å²) in [6, 6.07) is 14.1. The third kappa shape index (κ3) is 3.24. The predicted octanol–water partition coefficient (Wildman–Crippen LogP) is 6.66. The molecule has 9 heteroatoms. The molecule has 0 aliphatic heterocycles. The fourth-order valence-electron chi connectivity index (χ4n) is 4.71. The molecule has 2 N–H and O–H groups in total. The van der Waals surface area contributed by atoms with Crippen molar-refractivity contribution in [2.45, 2.75) is 26.2 Å². The lowest BCUT2D eigenvalue weighted by Crippen LogP contribution is -2.10. The summed E-state index contributed by atoms with van der Waals surface area (Å²) in [6.07, 6.45) is 7.54. The summed E-state index contributed by atoms with van der Waals surface area (Å²) >= 11 is 1.57. The van der Waals surface area contributed by atoms with Gasteiger partial charge in [-0.15, -0.1) is 11.3 Å². The first-order chi connectivity index (χ1) is 17.7. The van der Waals surface area contributed by atoms with Crippen LogP contribution in [0.15, 0.2) is 61.1 Å². The number of imidazole rings is 1. The number of unbranched alkanes of at least 4 members (excludes halogenated alkanes) is 1. The Morgan fingerprint density at radius 1 is 1.03 bits per heavy atom. The number of hydrogen-bond donors (Lipinski definition) is 2. The zero-order chi connectivity index (χ0) is 24.2. The van der Waals surface area contributed by atoms with E-state index in [4.69, 9.17) is 4.98 Å². The highest BCUT2D eigenvalue weighted by Gasteiger charge is 2.13. The Bertz CT molecular complexity index is 2030. The topological polar surface area (TPSA) is 105 Å². The number of nitrogens with zero attached hydrogens (tertiary/aromatic N) is 5. The average Bonchev–Trinajstić information content (AvgIpc) is 3.64. The Labute approximate surface area is 208 Å². The second kappa shape index (κ2) is 8.10. The van der Waals surface area contributed by atoms with Gasteiger partial charge in [-0.1, -0.05) is 25.5 Å². The first-order valence-electron chi connectivity index (χ1n) is 11.9. The molecule has 1 aromatic carbocycles. The third-order valence-corrected chi connectivity index (χ3v) is 7.64. The number of aromatic nitrogens is 7. The summed E-state index contributed by atoms with van der Waals surface area (Å²) in [5.41, 5.74) is 5.52. The molecule has 6 heterocycles. The minimum atomic E-state index is 0.0503. The summed E-state index contributed by atoms with van der Waals surface area (Å²) in [7, 11) is 0. The highest BCUT2D eigenvalue weighted by molar-refractivity contribution is 7.24. The number of carbonyl (C=O) groups is 1. The van der Waals surface area contributed by atoms with E-state index >= 15 is 0 Å². The first-order valence-corrected chi connectivity index (χ1v) is 12.7. The fraction of sp³-hybridized carbons (Fsp3) is 0.148. The van der Waals surface area contributed by atoms with Crippen LogP contribution in [0.4, 0.5) is 0 Å². The molecule has 36 heavy (non-hydrogen) atoms. The summed E-state index contributed by atoms with van der Waals surface area (Å²) in [5, 5.41) is 10.4. The molecule has 0 atom stereocenters. The van der Waals surface area contributed by atoms with Crippen molar-refractivity contribution in [2.24, 2.45) is 0 Å². The molecular formula is C27H21N7OS. The van der Waals surface area contributed by atoms with Gasteiger partial charge in [-0.05, 0) is 36.8 Å². The molecule has 6 aromatic heterocycles. The number of hydrogen-bond acceptors (Lipinski definition) is 6. The van der Waals surface area contributed by atoms with Gasteiger partial charge in [-0.25, -0.2) is 4.98 Å². The molecule has 0 fully saturated rings. The van der Waals surface area contributed by atoms with E-state index in [1.165, 1.54) is 0 Å². The Morgan fingerprint density at radius 3 is 2.89 bits per heavy atom. The molecule has 0 aliphatic rings. The van der Waals surface area contributed by atoms with Crippen LogP contribution < -0.4 is 0 Å². The molecule has 0 amide bonds. The minimum Gasteiger partial charge on any atom is -0.337 e. The SMILES string of the molecule is CCCCC(=O)n1c2cncc(c2)c2cc3c(cn2)[nH]nc3c2nc3c(cccc3c3ccc1s3)[nH]2. The number of fused-ring (bicyclic) bond motifs is 9. The van der Waals surface area contributed by atoms with Crippen molar-refractivity contribution in [1.29, 1.82) is 0 Å². The van der Waals surface area contributed by atoms with Gasteiger partial charge in [0, 0.05) is 33.5 Å². The maximum absolute atomic E-state index is 13.5. The molecule has 0 unspecified atom stereocenters. The van der Waals surface area contributed by atoms with Crippen LogP contribution >= 0.6 is 11.3 Å². The van der Waals surface area contributed by atoms with E-state index < -0.39 is 0 Å². The van der Waals surface area contributed by atoms with Gasteiger partial charge in [0.25, 0.3) is 0 Å². The highest BCUT2D eigenvalue weighted by Crippen LogP contribution is 2.30. The van der Waals surface area contributed by atoms with Crippen LogP contribution in [0.2, 0.25) is 0 Å². The highest BCUT2D eigenvalue weighted by atomic mass is 32.1. The lowest BCUT2D eigenvalue weighted by atomic mass is 10.2. The largest absolute Gasteiger partial charge is 0.337 e. The number of benzene rings is 1. The van der Waals surface area contributed by atoms with Crippen molar-refractivity contribution in [3.05, 3.63) is 61.1 Å². The number of pyridine rings is 2. The van der Waals surface area contributed by atoms with Gasteiger partial charge in [0.05, 0.1) is 40.0 Å². The monoisotopic (exact) mass is 491 g/mol. The third-order valence-electron chi connectivity index (χ3n) is 6.53. The van der Waals surface area contributed by atoms with Crippen molar-refractivity contribution < 1.29 is 4.79 Å². The quantitative estimate of drug-likeness (QED) is 0.287. The first kappa shape index (κ1) is 21.0. The number of carbonyl (C=O) groups excluding carboxylic acids is 1. The van der Waals surface area contributed by atoms with Crippen LogP contribution in [0, 0.1) is 0 Å². The van der Waals surface area contributed by atoms with Gasteiger partial charge in [0.2, 0.25) is 5.91 Å². The second-order valence-electron chi connectivity index (χ2n) is 8.88. The molecule has 0 saturated carbocycles. The molecule has 7 rings (SSSR count). The summed E-state index contributed by atoms with van der Waals surface area (Å²) in [6.45, 7) is 2.09. The second-order valence-corrected chi connectivity index (χ2v) is 9.94. The molecule has 0 spiro atoms. The lowest BCUT2D eigenvalue weighted by molar-refractivity contribution is 0.0909. The zero-order valence-electron chi connectivity index (χ0n) is 19.4. The predicted molar refractivity (Wildman–Crippen MR) is 145 cm³/mol. The van der Waals surface area contributed by atoms with Gasteiger partial charge in [-0.2, -0.15) is 5.10 Å². The van der Waals surface area contributed by atoms with Crippen molar-refractivity contribution in [3.63, 3.8) is 0 Å². The van der Waals surface area contributed by atoms with Gasteiger partial charge >= 0.3 is 0 Å². The number of para-hydroxylation sites is 1. The van der Waals surface area contributed by atoms with E-state index in [9.17, 15) is 4.79 Å². The molecule has 8 nitrogen and oxygen atoms in total. The van der Waals surface area contributed by atoms with Crippen LogP contribution in [0.25, 0.3) is 64.4 Å². The minimum absolute atomic E-state index is 0.0503. The smallest absolute Gasteiger partial charge is 0.232 e. The molecule has 0 aliphatic carbocycles. The number of thiophene rings is 1. The van der Waals surface area contributed by atoms with Crippen molar-refractivity contribution in [3.8, 4) is 0 Å². The Kier molecular flexibility index (Phi) is 4.71. The van der Waals surface area contributed by atoms with Crippen molar-refractivity contribution >= 4 is 81.7 Å². The maximum atomic E-state index is 13.5. The summed E-state index contributed by atoms with van der Waals surface area (Å²) in [4.78, 5) is 31.9. The van der Waals surface area contributed by atoms with Crippen LogP contribution in [0.1, 0.15) is 31.0 Å². The normalized spacial score (nSPS) is 11.9. The van der Waals surface area contributed by atoms with Crippen LogP contribution in [0.5, 0.6) is 0 Å². The molecule has 176 valence electrons. The van der Waals surface area contributed by atoms with E-state index in [0.717, 1.165) is 71.6 Å². The Balaban J connectivity index is 1.72. The lowest BCUT2D eigenvalue weighted by Gasteiger charge is -2.07. The maximum Gasteiger partial charge on any atom is 0.232 e. The van der Waals surface area contributed by atoms with Crippen molar-refractivity contribution in [2.75, 3.05) is 0 Å². The van der Waals surface area contributed by atoms with Crippen LogP contribution in [0.3, 0.4) is 0 Å². The van der Waals surface area contributed by atoms with Crippen LogP contribution in [-0.4, -0.2) is 40.6 Å². The number of rotatable bonds is 3. The van der Waals surface area contributed by atoms with E-state index in [1.54, 1.807) is 34.5 Å². The van der Waals surface area contributed by atoms with Gasteiger partial charge in [0.15, 0.2) is 5.65 Å². The molecular weight excluding hydrogens is 470 g/mol. The average molecular weight is 492 g/mol. The van der Waals surface area contributed by atoms with E-state index in [1.807, 2.05) is 30.3 Å². The van der Waals surface area contributed by atoms with E-state index in [-0.39, 0.29) is 5.91 Å². The van der Waals surface area contributed by atoms with E-state index in [2.05, 4.69) is 44.2 Å². The number of H-pyrrole nitrogens is 2. The molecule has 7 aromatic rings. The zero-order valence-corrected chi connectivity index (χ0v) is 20.3. The fourth-order valence-corrected chi connectivity index (χ4v) is 5.79.